The highest BCUT2D eigenvalue weighted by atomic mass is 32.1. The van der Waals surface area contributed by atoms with Gasteiger partial charge in [0.05, 0.1) is 13.7 Å². The zero-order valence-corrected chi connectivity index (χ0v) is 19.8. The Hall–Kier alpha value is -2.09. The molecule has 2 heterocycles. The molecule has 3 rings (SSSR count). The largest absolute Gasteiger partial charge is 0.496 e. The molecule has 1 aromatic heterocycles. The zero-order chi connectivity index (χ0) is 22.3. The molecule has 2 aromatic rings. The minimum atomic E-state index is -0.993. The fraction of sp³-hybridized carbons (Fsp3) is 0.542. The normalized spacial score (nSPS) is 18.3. The van der Waals surface area contributed by atoms with E-state index in [0.717, 1.165) is 43.2 Å². The molecule has 0 amide bonds. The highest BCUT2D eigenvalue weighted by molar-refractivity contribution is 7.10. The Morgan fingerprint density at radius 1 is 1.29 bits per heavy atom. The number of ether oxygens (including phenoxy) is 2. The summed E-state index contributed by atoms with van der Waals surface area (Å²) in [4.78, 5) is 5.61. The maximum atomic E-state index is 10.9. The zero-order valence-electron chi connectivity index (χ0n) is 19.0. The summed E-state index contributed by atoms with van der Waals surface area (Å²) in [5.74, 6) is 1.62. The van der Waals surface area contributed by atoms with Gasteiger partial charge in [-0.05, 0) is 51.1 Å². The van der Waals surface area contributed by atoms with Crippen LogP contribution in [0.1, 0.15) is 42.7 Å². The number of hydrogen-bond acceptors (Lipinski definition) is 5. The van der Waals surface area contributed by atoms with Gasteiger partial charge in [0.15, 0.2) is 5.96 Å². The van der Waals surface area contributed by atoms with E-state index < -0.39 is 5.60 Å². The van der Waals surface area contributed by atoms with Gasteiger partial charge < -0.3 is 25.2 Å². The third kappa shape index (κ3) is 5.79. The molecule has 0 saturated carbocycles. The Balaban J connectivity index is 1.81. The van der Waals surface area contributed by atoms with Gasteiger partial charge in [0, 0.05) is 42.2 Å². The molecular weight excluding hydrogens is 410 g/mol. The third-order valence-electron chi connectivity index (χ3n) is 5.91. The van der Waals surface area contributed by atoms with Crippen LogP contribution in [0.4, 0.5) is 0 Å². The number of aryl methyl sites for hydroxylation is 1. The van der Waals surface area contributed by atoms with Gasteiger partial charge in [-0.2, -0.15) is 0 Å². The number of rotatable bonds is 8. The topological polar surface area (TPSA) is 75.1 Å². The van der Waals surface area contributed by atoms with E-state index in [9.17, 15) is 5.11 Å². The van der Waals surface area contributed by atoms with Crippen LogP contribution in [0.2, 0.25) is 0 Å². The van der Waals surface area contributed by atoms with E-state index in [1.54, 1.807) is 18.4 Å². The highest BCUT2D eigenvalue weighted by Crippen LogP contribution is 2.40. The summed E-state index contributed by atoms with van der Waals surface area (Å²) in [6.45, 7) is 9.15. The first kappa shape index (κ1) is 23.6. The summed E-state index contributed by atoms with van der Waals surface area (Å²) < 4.78 is 11.4. The van der Waals surface area contributed by atoms with Gasteiger partial charge in [-0.1, -0.05) is 23.8 Å². The predicted octanol–water partition coefficient (Wildman–Crippen LogP) is 3.58. The van der Waals surface area contributed by atoms with Crippen molar-refractivity contribution in [2.24, 2.45) is 4.99 Å². The number of aliphatic hydroxyl groups is 1. The molecule has 1 aromatic carbocycles. The van der Waals surface area contributed by atoms with E-state index in [-0.39, 0.29) is 12.0 Å². The van der Waals surface area contributed by atoms with E-state index in [1.165, 1.54) is 11.1 Å². The maximum Gasteiger partial charge on any atom is 0.191 e. The van der Waals surface area contributed by atoms with Crippen molar-refractivity contribution in [3.63, 3.8) is 0 Å². The number of nitrogens with one attached hydrogen (secondary N) is 2. The fourth-order valence-electron chi connectivity index (χ4n) is 4.03. The van der Waals surface area contributed by atoms with Crippen molar-refractivity contribution in [3.05, 3.63) is 51.7 Å². The summed E-state index contributed by atoms with van der Waals surface area (Å²) in [5, 5.41) is 19.7. The average Bonchev–Trinajstić information content (AvgIpc) is 3.32. The second-order valence-corrected chi connectivity index (χ2v) is 9.34. The van der Waals surface area contributed by atoms with Crippen molar-refractivity contribution in [2.45, 2.75) is 44.6 Å². The van der Waals surface area contributed by atoms with E-state index in [4.69, 9.17) is 14.5 Å². The standard InChI is InChI=1S/C24H35N3O3S/c1-5-25-22(26-16-23(3,28)21-7-6-14-31-21)27-17-24(10-12-30-13-11-24)19-15-18(2)8-9-20(19)29-4/h6-9,14-15,28H,5,10-13,16-17H2,1-4H3,(H2,25,26,27). The van der Waals surface area contributed by atoms with Gasteiger partial charge in [-0.3, -0.25) is 0 Å². The lowest BCUT2D eigenvalue weighted by Gasteiger charge is -2.39. The van der Waals surface area contributed by atoms with Crippen molar-refractivity contribution in [1.82, 2.24) is 10.6 Å². The van der Waals surface area contributed by atoms with Crippen LogP contribution in [0.5, 0.6) is 5.75 Å². The molecule has 0 spiro atoms. The lowest BCUT2D eigenvalue weighted by molar-refractivity contribution is 0.0504. The summed E-state index contributed by atoms with van der Waals surface area (Å²) >= 11 is 1.55. The Morgan fingerprint density at radius 3 is 2.71 bits per heavy atom. The number of aliphatic imine (C=N–C) groups is 1. The van der Waals surface area contributed by atoms with E-state index in [2.05, 4.69) is 35.8 Å². The van der Waals surface area contributed by atoms with Gasteiger partial charge in [-0.25, -0.2) is 4.99 Å². The number of hydrogen-bond donors (Lipinski definition) is 3. The van der Waals surface area contributed by atoms with Crippen LogP contribution in [-0.4, -0.2) is 51.0 Å². The van der Waals surface area contributed by atoms with Crippen molar-refractivity contribution < 1.29 is 14.6 Å². The number of benzene rings is 1. The van der Waals surface area contributed by atoms with Crippen LogP contribution >= 0.6 is 11.3 Å². The first-order valence-electron chi connectivity index (χ1n) is 10.9. The average molecular weight is 446 g/mol. The SMILES string of the molecule is CCNC(=NCC(C)(O)c1cccs1)NCC1(c2cc(C)ccc2OC)CCOCC1. The molecular formula is C24H35N3O3S. The summed E-state index contributed by atoms with van der Waals surface area (Å²) in [7, 11) is 1.73. The quantitative estimate of drug-likeness (QED) is 0.428. The van der Waals surface area contributed by atoms with Gasteiger partial charge in [0.25, 0.3) is 0 Å². The van der Waals surface area contributed by atoms with Crippen molar-refractivity contribution in [2.75, 3.05) is 40.0 Å². The van der Waals surface area contributed by atoms with E-state index in [1.807, 2.05) is 31.4 Å². The molecule has 1 unspecified atom stereocenters. The summed E-state index contributed by atoms with van der Waals surface area (Å²) in [6.07, 6.45) is 1.82. The highest BCUT2D eigenvalue weighted by Gasteiger charge is 2.37. The minimum Gasteiger partial charge on any atom is -0.496 e. The monoisotopic (exact) mass is 445 g/mol. The van der Waals surface area contributed by atoms with Crippen LogP contribution in [0.3, 0.4) is 0 Å². The summed E-state index contributed by atoms with van der Waals surface area (Å²) in [6, 6.07) is 10.3. The molecule has 0 aliphatic carbocycles. The van der Waals surface area contributed by atoms with Crippen molar-refractivity contribution in [1.29, 1.82) is 0 Å². The Bertz CT molecular complexity index is 859. The van der Waals surface area contributed by atoms with Crippen molar-refractivity contribution >= 4 is 17.3 Å². The molecule has 1 aliphatic rings. The van der Waals surface area contributed by atoms with Crippen LogP contribution in [0.25, 0.3) is 0 Å². The molecule has 6 nitrogen and oxygen atoms in total. The van der Waals surface area contributed by atoms with Crippen LogP contribution in [-0.2, 0) is 15.8 Å². The first-order chi connectivity index (χ1) is 14.9. The number of guanidine groups is 1. The predicted molar refractivity (Wildman–Crippen MR) is 127 cm³/mol. The van der Waals surface area contributed by atoms with Crippen LogP contribution in [0.15, 0.2) is 40.7 Å². The maximum absolute atomic E-state index is 10.9. The molecule has 1 aliphatic heterocycles. The number of thiophene rings is 1. The van der Waals surface area contributed by atoms with Gasteiger partial charge in [0.1, 0.15) is 11.4 Å². The van der Waals surface area contributed by atoms with Gasteiger partial charge in [0.2, 0.25) is 0 Å². The Kier molecular flexibility index (Phi) is 7.97. The molecule has 1 fully saturated rings. The summed E-state index contributed by atoms with van der Waals surface area (Å²) in [5.41, 5.74) is 1.33. The molecule has 1 saturated heterocycles. The van der Waals surface area contributed by atoms with Crippen LogP contribution < -0.4 is 15.4 Å². The first-order valence-corrected chi connectivity index (χ1v) is 11.8. The van der Waals surface area contributed by atoms with E-state index >= 15 is 0 Å². The van der Waals surface area contributed by atoms with E-state index in [0.29, 0.717) is 12.5 Å². The second-order valence-electron chi connectivity index (χ2n) is 8.40. The third-order valence-corrected chi connectivity index (χ3v) is 7.03. The lowest BCUT2D eigenvalue weighted by atomic mass is 9.73. The molecule has 7 heteroatoms. The van der Waals surface area contributed by atoms with Gasteiger partial charge >= 0.3 is 0 Å². The van der Waals surface area contributed by atoms with Crippen LogP contribution in [0, 0.1) is 6.92 Å². The Morgan fingerprint density at radius 2 is 2.06 bits per heavy atom. The smallest absolute Gasteiger partial charge is 0.191 e. The second kappa shape index (κ2) is 10.5. The molecule has 0 radical (unpaired) electrons. The number of nitrogens with zero attached hydrogens (tertiary/aromatic N) is 1. The fourth-order valence-corrected chi connectivity index (χ4v) is 4.81. The Labute approximate surface area is 189 Å². The lowest BCUT2D eigenvalue weighted by Crippen LogP contribution is -2.48. The van der Waals surface area contributed by atoms with Gasteiger partial charge in [-0.15, -0.1) is 11.3 Å². The molecule has 170 valence electrons. The molecule has 1 atom stereocenters. The molecule has 3 N–H and O–H groups in total. The molecule has 31 heavy (non-hydrogen) atoms. The molecule has 0 bridgehead atoms. The van der Waals surface area contributed by atoms with Crippen molar-refractivity contribution in [3.8, 4) is 5.75 Å². The minimum absolute atomic E-state index is 0.109. The number of methoxy groups -OCH3 is 1.